The van der Waals surface area contributed by atoms with Crippen LogP contribution in [0.15, 0.2) is 36.5 Å². The number of aromatic nitrogens is 1. The molecule has 1 amide bonds. The van der Waals surface area contributed by atoms with E-state index < -0.39 is 17.6 Å². The molecular formula is C17H19Cl2F4N3O2. The molecule has 0 bridgehead atoms. The maximum atomic E-state index is 14.1. The molecule has 156 valence electrons. The third-order valence-corrected chi connectivity index (χ3v) is 3.32. The highest BCUT2D eigenvalue weighted by atomic mass is 35.5. The number of nitrogens with one attached hydrogen (secondary N) is 2. The Morgan fingerprint density at radius 2 is 1.89 bits per heavy atom. The van der Waals surface area contributed by atoms with E-state index in [1.165, 1.54) is 12.1 Å². The third-order valence-electron chi connectivity index (χ3n) is 3.32. The number of halogens is 6. The van der Waals surface area contributed by atoms with Crippen molar-refractivity contribution in [3.8, 4) is 11.6 Å². The van der Waals surface area contributed by atoms with Crippen molar-refractivity contribution < 1.29 is 27.1 Å². The van der Waals surface area contributed by atoms with Crippen LogP contribution in [0.4, 0.5) is 23.2 Å². The number of ether oxygens (including phenoxy) is 1. The van der Waals surface area contributed by atoms with Crippen molar-refractivity contribution in [3.63, 3.8) is 0 Å². The summed E-state index contributed by atoms with van der Waals surface area (Å²) in [7, 11) is 1.78. The monoisotopic (exact) mass is 443 g/mol. The fourth-order valence-corrected chi connectivity index (χ4v) is 2.03. The van der Waals surface area contributed by atoms with Gasteiger partial charge in [0.05, 0.1) is 5.56 Å². The molecule has 1 aromatic heterocycles. The molecule has 1 heterocycles. The van der Waals surface area contributed by atoms with Gasteiger partial charge >= 0.3 is 6.18 Å². The number of benzene rings is 1. The van der Waals surface area contributed by atoms with Gasteiger partial charge in [0, 0.05) is 30.4 Å². The van der Waals surface area contributed by atoms with Gasteiger partial charge in [0.15, 0.2) is 11.6 Å². The van der Waals surface area contributed by atoms with E-state index in [4.69, 9.17) is 4.74 Å². The first-order valence-electron chi connectivity index (χ1n) is 7.74. The van der Waals surface area contributed by atoms with Gasteiger partial charge in [0.2, 0.25) is 11.8 Å². The SMILES string of the molecule is CNCCCC(=O)Nc1ccc(Oc2ccc(C(F)(F)F)cn2)c(F)c1.Cl.Cl. The van der Waals surface area contributed by atoms with Crippen LogP contribution in [-0.2, 0) is 11.0 Å². The number of anilines is 1. The van der Waals surface area contributed by atoms with Crippen LogP contribution in [0.1, 0.15) is 18.4 Å². The number of carbonyl (C=O) groups is 1. The molecule has 2 rings (SSSR count). The number of alkyl halides is 3. The lowest BCUT2D eigenvalue weighted by Gasteiger charge is -2.10. The van der Waals surface area contributed by atoms with Crippen molar-refractivity contribution in [2.24, 2.45) is 0 Å². The van der Waals surface area contributed by atoms with Crippen LogP contribution in [0.3, 0.4) is 0 Å². The van der Waals surface area contributed by atoms with E-state index in [1.807, 2.05) is 0 Å². The Labute approximate surface area is 171 Å². The zero-order valence-electron chi connectivity index (χ0n) is 14.7. The molecule has 28 heavy (non-hydrogen) atoms. The summed E-state index contributed by atoms with van der Waals surface area (Å²) in [5.41, 5.74) is -0.675. The Morgan fingerprint density at radius 1 is 1.18 bits per heavy atom. The maximum Gasteiger partial charge on any atom is 0.417 e. The second-order valence-electron chi connectivity index (χ2n) is 5.39. The maximum absolute atomic E-state index is 14.1. The third kappa shape index (κ3) is 7.87. The minimum atomic E-state index is -4.51. The van der Waals surface area contributed by atoms with Crippen molar-refractivity contribution in [3.05, 3.63) is 47.9 Å². The van der Waals surface area contributed by atoms with Gasteiger partial charge in [-0.2, -0.15) is 13.2 Å². The summed E-state index contributed by atoms with van der Waals surface area (Å²) in [6.07, 6.45) is -2.97. The molecule has 1 aromatic carbocycles. The van der Waals surface area contributed by atoms with Gasteiger partial charge in [-0.05, 0) is 38.2 Å². The smallest absolute Gasteiger partial charge is 0.417 e. The number of amides is 1. The number of hydrogen-bond acceptors (Lipinski definition) is 4. The van der Waals surface area contributed by atoms with E-state index in [0.29, 0.717) is 19.2 Å². The molecule has 0 aliphatic heterocycles. The van der Waals surface area contributed by atoms with Crippen LogP contribution in [0.2, 0.25) is 0 Å². The predicted molar refractivity (Wildman–Crippen MR) is 102 cm³/mol. The van der Waals surface area contributed by atoms with E-state index in [-0.39, 0.29) is 54.5 Å². The fourth-order valence-electron chi connectivity index (χ4n) is 2.03. The quantitative estimate of drug-likeness (QED) is 0.475. The topological polar surface area (TPSA) is 63.2 Å². The molecule has 0 saturated carbocycles. The Kier molecular flexibility index (Phi) is 10.8. The first kappa shape index (κ1) is 25.9. The average Bonchev–Trinajstić information content (AvgIpc) is 2.57. The van der Waals surface area contributed by atoms with Crippen molar-refractivity contribution in [2.45, 2.75) is 19.0 Å². The molecule has 5 nitrogen and oxygen atoms in total. The van der Waals surface area contributed by atoms with Gasteiger partial charge in [-0.1, -0.05) is 0 Å². The van der Waals surface area contributed by atoms with Crippen molar-refractivity contribution >= 4 is 36.4 Å². The molecule has 11 heteroatoms. The van der Waals surface area contributed by atoms with E-state index in [9.17, 15) is 22.4 Å². The minimum absolute atomic E-state index is 0. The molecule has 0 atom stereocenters. The van der Waals surface area contributed by atoms with Crippen LogP contribution in [0, 0.1) is 5.82 Å². The van der Waals surface area contributed by atoms with Gasteiger partial charge in [-0.15, -0.1) is 24.8 Å². The summed E-state index contributed by atoms with van der Waals surface area (Å²) in [5.74, 6) is -1.43. The first-order chi connectivity index (χ1) is 12.3. The second-order valence-corrected chi connectivity index (χ2v) is 5.39. The Hall–Kier alpha value is -2.10. The van der Waals surface area contributed by atoms with Crippen LogP contribution in [0.25, 0.3) is 0 Å². The van der Waals surface area contributed by atoms with E-state index >= 15 is 0 Å². The largest absolute Gasteiger partial charge is 0.436 e. The molecular weight excluding hydrogens is 425 g/mol. The van der Waals surface area contributed by atoms with Gasteiger partial charge < -0.3 is 15.4 Å². The summed E-state index contributed by atoms with van der Waals surface area (Å²) in [4.78, 5) is 15.2. The van der Waals surface area contributed by atoms with Gasteiger partial charge in [0.25, 0.3) is 0 Å². The van der Waals surface area contributed by atoms with E-state index in [2.05, 4.69) is 15.6 Å². The highest BCUT2D eigenvalue weighted by Crippen LogP contribution is 2.31. The first-order valence-corrected chi connectivity index (χ1v) is 7.74. The molecule has 2 aromatic rings. The summed E-state index contributed by atoms with van der Waals surface area (Å²) in [6.45, 7) is 0.689. The number of pyridine rings is 1. The number of hydrogen-bond donors (Lipinski definition) is 2. The summed E-state index contributed by atoms with van der Waals surface area (Å²) >= 11 is 0. The Morgan fingerprint density at radius 3 is 2.43 bits per heavy atom. The van der Waals surface area contributed by atoms with Crippen molar-refractivity contribution in [1.82, 2.24) is 10.3 Å². The highest BCUT2D eigenvalue weighted by molar-refractivity contribution is 5.90. The molecule has 0 spiro atoms. The Balaban J connectivity index is 0.00000364. The lowest BCUT2D eigenvalue weighted by atomic mass is 10.2. The summed E-state index contributed by atoms with van der Waals surface area (Å²) < 4.78 is 56.6. The lowest BCUT2D eigenvalue weighted by Crippen LogP contribution is -2.15. The summed E-state index contributed by atoms with van der Waals surface area (Å²) in [5, 5.41) is 5.47. The molecule has 2 N–H and O–H groups in total. The zero-order chi connectivity index (χ0) is 19.2. The standard InChI is InChI=1S/C17H17F4N3O2.2ClH/c1-22-8-2-3-15(25)24-12-5-6-14(13(18)9-12)26-16-7-4-11(10-23-16)17(19,20)21;;/h4-7,9-10,22H,2-3,8H2,1H3,(H,24,25);2*1H. The molecule has 0 fully saturated rings. The predicted octanol–water partition coefficient (Wildman–Crippen LogP) is 4.81. The fraction of sp³-hybridized carbons (Fsp3) is 0.294. The average molecular weight is 444 g/mol. The second kappa shape index (κ2) is 11.7. The normalized spacial score (nSPS) is 10.5. The number of rotatable bonds is 7. The molecule has 0 aliphatic carbocycles. The van der Waals surface area contributed by atoms with Crippen molar-refractivity contribution in [1.29, 1.82) is 0 Å². The molecule has 0 unspecified atom stereocenters. The molecule has 0 aliphatic rings. The molecule has 0 radical (unpaired) electrons. The zero-order valence-corrected chi connectivity index (χ0v) is 16.3. The van der Waals surface area contributed by atoms with Crippen molar-refractivity contribution in [2.75, 3.05) is 18.9 Å². The summed E-state index contributed by atoms with van der Waals surface area (Å²) in [6, 6.07) is 5.55. The Bertz CT molecular complexity index is 759. The van der Waals surface area contributed by atoms with Gasteiger partial charge in [0.1, 0.15) is 0 Å². The highest BCUT2D eigenvalue weighted by Gasteiger charge is 2.30. The number of carbonyl (C=O) groups excluding carboxylic acids is 1. The van der Waals surface area contributed by atoms with Crippen LogP contribution in [0.5, 0.6) is 11.6 Å². The molecule has 0 saturated heterocycles. The van der Waals surface area contributed by atoms with Crippen LogP contribution < -0.4 is 15.4 Å². The van der Waals surface area contributed by atoms with E-state index in [1.54, 1.807) is 7.05 Å². The van der Waals surface area contributed by atoms with Gasteiger partial charge in [-0.3, -0.25) is 4.79 Å². The van der Waals surface area contributed by atoms with Crippen LogP contribution in [-0.4, -0.2) is 24.5 Å². The van der Waals surface area contributed by atoms with Gasteiger partial charge in [-0.25, -0.2) is 9.37 Å². The minimum Gasteiger partial charge on any atom is -0.436 e. The van der Waals surface area contributed by atoms with Crippen LogP contribution >= 0.6 is 24.8 Å². The lowest BCUT2D eigenvalue weighted by molar-refractivity contribution is -0.137. The number of nitrogens with zero attached hydrogens (tertiary/aromatic N) is 1. The van der Waals surface area contributed by atoms with E-state index in [0.717, 1.165) is 18.2 Å².